The number of fused-ring (bicyclic) bond motifs is 1. The zero-order chi connectivity index (χ0) is 17.6. The molecule has 7 heteroatoms. The summed E-state index contributed by atoms with van der Waals surface area (Å²) in [6.45, 7) is 2.54. The van der Waals surface area contributed by atoms with Crippen LogP contribution in [0, 0.1) is 17.8 Å². The molecule has 4 rings (SSSR count). The number of likely N-dealkylation sites (tertiary alicyclic amines) is 1. The third-order valence-corrected chi connectivity index (χ3v) is 6.11. The summed E-state index contributed by atoms with van der Waals surface area (Å²) in [6.07, 6.45) is 5.08. The van der Waals surface area contributed by atoms with Gasteiger partial charge in [0, 0.05) is 31.8 Å². The van der Waals surface area contributed by atoms with E-state index in [9.17, 15) is 4.79 Å². The maximum atomic E-state index is 12.7. The van der Waals surface area contributed by atoms with Crippen molar-refractivity contribution in [2.45, 2.75) is 37.8 Å². The Labute approximate surface area is 148 Å². The van der Waals surface area contributed by atoms with Gasteiger partial charge in [-0.25, -0.2) is 0 Å². The van der Waals surface area contributed by atoms with Gasteiger partial charge in [0.05, 0.1) is 6.10 Å². The van der Waals surface area contributed by atoms with E-state index in [1.165, 1.54) is 12.8 Å². The average molecular weight is 347 g/mol. The van der Waals surface area contributed by atoms with Crippen molar-refractivity contribution in [1.29, 1.82) is 0 Å². The Kier molecular flexibility index (Phi) is 4.45. The molecule has 138 valence electrons. The molecule has 0 unspecified atom stereocenters. The molecule has 2 aliphatic carbocycles. The third-order valence-electron chi connectivity index (χ3n) is 6.11. The normalized spacial score (nSPS) is 32.2. The van der Waals surface area contributed by atoms with Crippen molar-refractivity contribution in [2.75, 3.05) is 39.5 Å². The van der Waals surface area contributed by atoms with E-state index in [1.54, 1.807) is 6.07 Å². The predicted octanol–water partition coefficient (Wildman–Crippen LogP) is 1.20. The summed E-state index contributed by atoms with van der Waals surface area (Å²) in [7, 11) is 4.29. The monoisotopic (exact) mass is 347 g/mol. The summed E-state index contributed by atoms with van der Waals surface area (Å²) in [5.74, 6) is 2.24. The number of nitrogens with one attached hydrogen (secondary N) is 1. The van der Waals surface area contributed by atoms with E-state index >= 15 is 0 Å². The first-order valence-corrected chi connectivity index (χ1v) is 9.39. The standard InChI is InChI=1S/C18H29N5O2/c1-22(2)15-5-12-8-23(18(24)14-7-17(19)21-20-14)9-13(12)6-16(15)25-10-11-3-4-11/h7,11-13,15-16H,3-6,8-10H2,1-2H3,(H3,19,20,21)/t12-,13+,15-,16-/m1/s1. The van der Waals surface area contributed by atoms with E-state index < -0.39 is 0 Å². The largest absolute Gasteiger partial charge is 0.382 e. The number of aromatic amines is 1. The molecule has 3 aliphatic rings. The maximum absolute atomic E-state index is 12.7. The van der Waals surface area contributed by atoms with Gasteiger partial charge in [0.25, 0.3) is 5.91 Å². The Hall–Kier alpha value is -1.60. The van der Waals surface area contributed by atoms with Crippen molar-refractivity contribution in [3.05, 3.63) is 11.8 Å². The van der Waals surface area contributed by atoms with Crippen LogP contribution in [-0.4, -0.2) is 71.8 Å². The molecule has 0 radical (unpaired) electrons. The Balaban J connectivity index is 1.41. The van der Waals surface area contributed by atoms with Crippen molar-refractivity contribution in [1.82, 2.24) is 20.0 Å². The molecule has 1 aromatic rings. The number of ether oxygens (including phenoxy) is 1. The van der Waals surface area contributed by atoms with Crippen molar-refractivity contribution in [2.24, 2.45) is 17.8 Å². The minimum atomic E-state index is 0.00968. The molecule has 0 bridgehead atoms. The number of rotatable bonds is 5. The zero-order valence-electron chi connectivity index (χ0n) is 15.1. The third kappa shape index (κ3) is 3.53. The van der Waals surface area contributed by atoms with Crippen LogP contribution in [0.4, 0.5) is 5.82 Å². The van der Waals surface area contributed by atoms with E-state index in [0.717, 1.165) is 38.5 Å². The summed E-state index contributed by atoms with van der Waals surface area (Å²) in [5.41, 5.74) is 6.12. The highest BCUT2D eigenvalue weighted by Crippen LogP contribution is 2.40. The Bertz CT molecular complexity index is 627. The number of nitrogen functional groups attached to an aromatic ring is 1. The number of nitrogens with zero attached hydrogens (tertiary/aromatic N) is 3. The van der Waals surface area contributed by atoms with Gasteiger partial charge < -0.3 is 20.3 Å². The molecule has 7 nitrogen and oxygen atoms in total. The number of H-pyrrole nitrogens is 1. The highest BCUT2D eigenvalue weighted by molar-refractivity contribution is 5.93. The van der Waals surface area contributed by atoms with Crippen molar-refractivity contribution in [3.63, 3.8) is 0 Å². The highest BCUT2D eigenvalue weighted by atomic mass is 16.5. The topological polar surface area (TPSA) is 87.5 Å². The van der Waals surface area contributed by atoms with Crippen LogP contribution in [0.5, 0.6) is 0 Å². The number of carbonyl (C=O) groups is 1. The molecule has 1 saturated heterocycles. The summed E-state index contributed by atoms with van der Waals surface area (Å²) in [5, 5.41) is 6.61. The van der Waals surface area contributed by atoms with Crippen LogP contribution in [0.15, 0.2) is 6.07 Å². The molecule has 0 aromatic carbocycles. The number of hydrogen-bond donors (Lipinski definition) is 2. The molecule has 1 aromatic heterocycles. The van der Waals surface area contributed by atoms with Crippen molar-refractivity contribution < 1.29 is 9.53 Å². The smallest absolute Gasteiger partial charge is 0.271 e. The lowest BCUT2D eigenvalue weighted by Gasteiger charge is -2.41. The summed E-state index contributed by atoms with van der Waals surface area (Å²) >= 11 is 0. The summed E-state index contributed by atoms with van der Waals surface area (Å²) < 4.78 is 6.29. The second kappa shape index (κ2) is 6.61. The molecule has 2 saturated carbocycles. The van der Waals surface area contributed by atoms with Gasteiger partial charge in [-0.1, -0.05) is 0 Å². The number of hydrogen-bond acceptors (Lipinski definition) is 5. The molecule has 3 N–H and O–H groups in total. The lowest BCUT2D eigenvalue weighted by molar-refractivity contribution is -0.0493. The molecule has 1 aliphatic heterocycles. The Morgan fingerprint density at radius 2 is 2.08 bits per heavy atom. The van der Waals surface area contributed by atoms with Crippen LogP contribution in [0.1, 0.15) is 36.2 Å². The first-order valence-electron chi connectivity index (χ1n) is 9.39. The van der Waals surface area contributed by atoms with Crippen molar-refractivity contribution >= 4 is 11.7 Å². The van der Waals surface area contributed by atoms with Gasteiger partial charge in [-0.2, -0.15) is 5.10 Å². The first-order chi connectivity index (χ1) is 12.0. The fraction of sp³-hybridized carbons (Fsp3) is 0.778. The molecule has 1 amide bonds. The molecule has 3 fully saturated rings. The Morgan fingerprint density at radius 3 is 2.68 bits per heavy atom. The molecule has 0 spiro atoms. The van der Waals surface area contributed by atoms with E-state index in [4.69, 9.17) is 10.5 Å². The number of anilines is 1. The van der Waals surface area contributed by atoms with Gasteiger partial charge in [0.2, 0.25) is 0 Å². The quantitative estimate of drug-likeness (QED) is 0.836. The van der Waals surface area contributed by atoms with Crippen LogP contribution in [0.2, 0.25) is 0 Å². The van der Waals surface area contributed by atoms with E-state index in [0.29, 0.717) is 29.4 Å². The van der Waals surface area contributed by atoms with Crippen LogP contribution in [-0.2, 0) is 4.74 Å². The molecular weight excluding hydrogens is 318 g/mol. The number of aromatic nitrogens is 2. The van der Waals surface area contributed by atoms with E-state index in [2.05, 4.69) is 29.2 Å². The predicted molar refractivity (Wildman–Crippen MR) is 95.1 cm³/mol. The fourth-order valence-electron chi connectivity index (χ4n) is 4.44. The van der Waals surface area contributed by atoms with Gasteiger partial charge in [0.1, 0.15) is 11.5 Å². The lowest BCUT2D eigenvalue weighted by Crippen LogP contribution is -2.48. The maximum Gasteiger partial charge on any atom is 0.271 e. The van der Waals surface area contributed by atoms with Gasteiger partial charge >= 0.3 is 0 Å². The summed E-state index contributed by atoms with van der Waals surface area (Å²) in [4.78, 5) is 16.9. The average Bonchev–Trinajstić information content (AvgIpc) is 3.16. The Morgan fingerprint density at radius 1 is 1.36 bits per heavy atom. The number of nitrogens with two attached hydrogens (primary N) is 1. The van der Waals surface area contributed by atoms with Crippen LogP contribution in [0.3, 0.4) is 0 Å². The zero-order valence-corrected chi connectivity index (χ0v) is 15.1. The minimum Gasteiger partial charge on any atom is -0.382 e. The van der Waals surface area contributed by atoms with E-state index in [-0.39, 0.29) is 12.0 Å². The molecule has 25 heavy (non-hydrogen) atoms. The van der Waals surface area contributed by atoms with Crippen LogP contribution >= 0.6 is 0 Å². The van der Waals surface area contributed by atoms with Gasteiger partial charge in [-0.3, -0.25) is 9.89 Å². The van der Waals surface area contributed by atoms with E-state index in [1.807, 2.05) is 4.90 Å². The minimum absolute atomic E-state index is 0.00968. The number of amides is 1. The molecule has 2 heterocycles. The number of carbonyl (C=O) groups excluding carboxylic acids is 1. The second-order valence-corrected chi connectivity index (χ2v) is 8.25. The highest BCUT2D eigenvalue weighted by Gasteiger charge is 2.45. The van der Waals surface area contributed by atoms with Gasteiger partial charge in [-0.15, -0.1) is 0 Å². The second-order valence-electron chi connectivity index (χ2n) is 8.25. The lowest BCUT2D eigenvalue weighted by atomic mass is 9.77. The molecular formula is C18H29N5O2. The van der Waals surface area contributed by atoms with Crippen LogP contribution in [0.25, 0.3) is 0 Å². The van der Waals surface area contributed by atoms with Gasteiger partial charge in [-0.05, 0) is 57.5 Å². The fourth-order valence-corrected chi connectivity index (χ4v) is 4.44. The number of likely N-dealkylation sites (N-methyl/N-ethyl adjacent to an activating group) is 1. The SMILES string of the molecule is CN(C)[C@@H]1C[C@@H]2CN(C(=O)c3cc(N)n[nH]3)C[C@@H]2C[C@H]1OCC1CC1. The van der Waals surface area contributed by atoms with Gasteiger partial charge in [0.15, 0.2) is 0 Å². The first kappa shape index (κ1) is 16.8. The summed E-state index contributed by atoms with van der Waals surface area (Å²) in [6, 6.07) is 2.06. The van der Waals surface area contributed by atoms with Crippen molar-refractivity contribution in [3.8, 4) is 0 Å². The van der Waals surface area contributed by atoms with Crippen LogP contribution < -0.4 is 5.73 Å². The molecule has 4 atom stereocenters.